The van der Waals surface area contributed by atoms with Gasteiger partial charge in [-0.25, -0.2) is 0 Å². The van der Waals surface area contributed by atoms with Gasteiger partial charge in [0.25, 0.3) is 0 Å². The molecule has 2 N–H and O–H groups in total. The normalized spacial score (nSPS) is 45.0. The highest BCUT2D eigenvalue weighted by molar-refractivity contribution is 4.87. The molecule has 64 valence electrons. The molecular weight excluding hydrogens is 142 g/mol. The fraction of sp³-hybridized carbons (Fsp3) is 1.00. The molecule has 2 rings (SSSR count). The zero-order valence-corrected chi connectivity index (χ0v) is 6.66. The van der Waals surface area contributed by atoms with Gasteiger partial charge in [-0.15, -0.1) is 0 Å². The Balaban J connectivity index is 1.92. The van der Waals surface area contributed by atoms with Crippen LogP contribution < -0.4 is 5.73 Å². The zero-order chi connectivity index (χ0) is 7.68. The van der Waals surface area contributed by atoms with Crippen molar-refractivity contribution in [2.45, 2.75) is 37.5 Å². The second-order valence-corrected chi connectivity index (χ2v) is 3.34. The first kappa shape index (κ1) is 7.53. The number of rotatable bonds is 1. The van der Waals surface area contributed by atoms with E-state index in [4.69, 9.17) is 15.2 Å². The van der Waals surface area contributed by atoms with Crippen LogP contribution in [0.25, 0.3) is 0 Å². The second kappa shape index (κ2) is 3.09. The SMILES string of the molecule is NC1CCOC1C1CCCO1. The van der Waals surface area contributed by atoms with E-state index < -0.39 is 0 Å². The summed E-state index contributed by atoms with van der Waals surface area (Å²) in [6, 6.07) is 0.207. The van der Waals surface area contributed by atoms with E-state index in [0.29, 0.717) is 0 Å². The van der Waals surface area contributed by atoms with Crippen molar-refractivity contribution >= 4 is 0 Å². The molecule has 2 aliphatic heterocycles. The molecule has 0 aliphatic carbocycles. The van der Waals surface area contributed by atoms with Gasteiger partial charge in [-0.05, 0) is 19.3 Å². The number of nitrogens with two attached hydrogens (primary N) is 1. The summed E-state index contributed by atoms with van der Waals surface area (Å²) in [5.41, 5.74) is 5.85. The minimum Gasteiger partial charge on any atom is -0.375 e. The van der Waals surface area contributed by atoms with E-state index in [1.807, 2.05) is 0 Å². The number of hydrogen-bond acceptors (Lipinski definition) is 3. The Morgan fingerprint density at radius 2 is 2.00 bits per heavy atom. The van der Waals surface area contributed by atoms with Crippen LogP contribution in [0.1, 0.15) is 19.3 Å². The lowest BCUT2D eigenvalue weighted by Crippen LogP contribution is -2.39. The monoisotopic (exact) mass is 157 g/mol. The van der Waals surface area contributed by atoms with Gasteiger partial charge in [-0.2, -0.15) is 0 Å². The van der Waals surface area contributed by atoms with Gasteiger partial charge in [0.05, 0.1) is 12.2 Å². The highest BCUT2D eigenvalue weighted by Crippen LogP contribution is 2.24. The molecule has 0 aromatic carbocycles. The highest BCUT2D eigenvalue weighted by Gasteiger charge is 2.34. The van der Waals surface area contributed by atoms with Gasteiger partial charge in [-0.3, -0.25) is 0 Å². The van der Waals surface area contributed by atoms with E-state index in [2.05, 4.69) is 0 Å². The molecule has 2 heterocycles. The summed E-state index contributed by atoms with van der Waals surface area (Å²) in [4.78, 5) is 0. The molecular formula is C8H15NO2. The second-order valence-electron chi connectivity index (χ2n) is 3.34. The van der Waals surface area contributed by atoms with Crippen molar-refractivity contribution in [3.8, 4) is 0 Å². The van der Waals surface area contributed by atoms with E-state index in [1.165, 1.54) is 0 Å². The van der Waals surface area contributed by atoms with Gasteiger partial charge in [0.1, 0.15) is 0 Å². The largest absolute Gasteiger partial charge is 0.375 e. The maximum Gasteiger partial charge on any atom is 0.0987 e. The molecule has 3 unspecified atom stereocenters. The van der Waals surface area contributed by atoms with Gasteiger partial charge < -0.3 is 15.2 Å². The van der Waals surface area contributed by atoms with Crippen molar-refractivity contribution in [1.29, 1.82) is 0 Å². The Labute approximate surface area is 66.8 Å². The standard InChI is InChI=1S/C8H15NO2/c9-6-3-5-11-8(6)7-2-1-4-10-7/h6-8H,1-5,9H2. The van der Waals surface area contributed by atoms with E-state index in [9.17, 15) is 0 Å². The van der Waals surface area contributed by atoms with Crippen molar-refractivity contribution in [3.05, 3.63) is 0 Å². The van der Waals surface area contributed by atoms with E-state index in [0.717, 1.165) is 32.5 Å². The minimum absolute atomic E-state index is 0.178. The Bertz CT molecular complexity index is 134. The quantitative estimate of drug-likeness (QED) is 0.594. The van der Waals surface area contributed by atoms with Gasteiger partial charge >= 0.3 is 0 Å². The Morgan fingerprint density at radius 3 is 2.55 bits per heavy atom. The van der Waals surface area contributed by atoms with Gasteiger partial charge in [0.15, 0.2) is 0 Å². The number of ether oxygens (including phenoxy) is 2. The molecule has 0 aromatic heterocycles. The van der Waals surface area contributed by atoms with Crippen LogP contribution >= 0.6 is 0 Å². The molecule has 11 heavy (non-hydrogen) atoms. The number of hydrogen-bond donors (Lipinski definition) is 1. The average Bonchev–Trinajstić information content (AvgIpc) is 2.55. The Morgan fingerprint density at radius 1 is 1.09 bits per heavy atom. The van der Waals surface area contributed by atoms with Crippen molar-refractivity contribution in [3.63, 3.8) is 0 Å². The molecule has 0 amide bonds. The lowest BCUT2D eigenvalue weighted by atomic mass is 10.0. The van der Waals surface area contributed by atoms with E-state index in [-0.39, 0.29) is 18.2 Å². The van der Waals surface area contributed by atoms with Crippen LogP contribution in [0, 0.1) is 0 Å². The van der Waals surface area contributed by atoms with Gasteiger partial charge in [0, 0.05) is 19.3 Å². The third kappa shape index (κ3) is 1.41. The molecule has 0 saturated carbocycles. The van der Waals surface area contributed by atoms with Crippen LogP contribution in [-0.4, -0.2) is 31.5 Å². The molecule has 3 heteroatoms. The Kier molecular flexibility index (Phi) is 2.11. The fourth-order valence-electron chi connectivity index (χ4n) is 1.87. The summed E-state index contributed by atoms with van der Waals surface area (Å²) in [5.74, 6) is 0. The minimum atomic E-state index is 0.178. The molecule has 3 nitrogen and oxygen atoms in total. The first-order chi connectivity index (χ1) is 5.38. The van der Waals surface area contributed by atoms with Crippen molar-refractivity contribution in [1.82, 2.24) is 0 Å². The van der Waals surface area contributed by atoms with Crippen molar-refractivity contribution in [2.75, 3.05) is 13.2 Å². The summed E-state index contributed by atoms with van der Waals surface area (Å²) in [5, 5.41) is 0. The smallest absolute Gasteiger partial charge is 0.0987 e. The van der Waals surface area contributed by atoms with Crippen LogP contribution in [0.3, 0.4) is 0 Å². The molecule has 2 aliphatic rings. The molecule has 0 bridgehead atoms. The van der Waals surface area contributed by atoms with Gasteiger partial charge in [-0.1, -0.05) is 0 Å². The predicted octanol–water partition coefficient (Wildman–Crippen LogP) is 0.282. The van der Waals surface area contributed by atoms with E-state index in [1.54, 1.807) is 0 Å². The summed E-state index contributed by atoms with van der Waals surface area (Å²) in [6.45, 7) is 1.70. The maximum absolute atomic E-state index is 5.85. The molecule has 0 radical (unpaired) electrons. The fourth-order valence-corrected chi connectivity index (χ4v) is 1.87. The highest BCUT2D eigenvalue weighted by atomic mass is 16.5. The molecule has 3 atom stereocenters. The lowest BCUT2D eigenvalue weighted by molar-refractivity contribution is -0.0223. The van der Waals surface area contributed by atoms with E-state index >= 15 is 0 Å². The van der Waals surface area contributed by atoms with Crippen LogP contribution in [-0.2, 0) is 9.47 Å². The summed E-state index contributed by atoms with van der Waals surface area (Å²) < 4.78 is 11.0. The topological polar surface area (TPSA) is 44.5 Å². The van der Waals surface area contributed by atoms with Gasteiger partial charge in [0.2, 0.25) is 0 Å². The van der Waals surface area contributed by atoms with Crippen LogP contribution in [0.2, 0.25) is 0 Å². The molecule has 0 aromatic rings. The molecule has 2 saturated heterocycles. The first-order valence-electron chi connectivity index (χ1n) is 4.37. The predicted molar refractivity (Wildman–Crippen MR) is 41.3 cm³/mol. The summed E-state index contributed by atoms with van der Waals surface area (Å²) in [6.07, 6.45) is 3.74. The van der Waals surface area contributed by atoms with Crippen molar-refractivity contribution < 1.29 is 9.47 Å². The van der Waals surface area contributed by atoms with Crippen molar-refractivity contribution in [2.24, 2.45) is 5.73 Å². The Hall–Kier alpha value is -0.120. The lowest BCUT2D eigenvalue weighted by Gasteiger charge is -2.20. The van der Waals surface area contributed by atoms with Crippen LogP contribution in [0.5, 0.6) is 0 Å². The summed E-state index contributed by atoms with van der Waals surface area (Å²) in [7, 11) is 0. The third-order valence-electron chi connectivity index (χ3n) is 2.51. The third-order valence-corrected chi connectivity index (χ3v) is 2.51. The molecule has 2 fully saturated rings. The first-order valence-corrected chi connectivity index (χ1v) is 4.37. The molecule has 0 spiro atoms. The zero-order valence-electron chi connectivity index (χ0n) is 6.66. The average molecular weight is 157 g/mol. The van der Waals surface area contributed by atoms with Crippen LogP contribution in [0.15, 0.2) is 0 Å². The van der Waals surface area contributed by atoms with Crippen LogP contribution in [0.4, 0.5) is 0 Å². The maximum atomic E-state index is 5.85. The summed E-state index contributed by atoms with van der Waals surface area (Å²) >= 11 is 0.